The van der Waals surface area contributed by atoms with E-state index in [-0.39, 0.29) is 5.69 Å². The summed E-state index contributed by atoms with van der Waals surface area (Å²) in [6, 6.07) is 1.32. The van der Waals surface area contributed by atoms with Crippen molar-refractivity contribution in [3.8, 4) is 0 Å². The Morgan fingerprint density at radius 3 is 2.39 bits per heavy atom. The van der Waals surface area contributed by atoms with Crippen LogP contribution in [0.5, 0.6) is 0 Å². The van der Waals surface area contributed by atoms with E-state index in [0.717, 1.165) is 18.6 Å². The molecular weight excluding hydrogens is 479 g/mol. The fourth-order valence-corrected chi connectivity index (χ4v) is 3.55. The van der Waals surface area contributed by atoms with Crippen LogP contribution in [0.2, 0.25) is 0 Å². The van der Waals surface area contributed by atoms with E-state index in [9.17, 15) is 32.7 Å². The van der Waals surface area contributed by atoms with Crippen molar-refractivity contribution in [1.82, 2.24) is 20.9 Å². The number of rotatable bonds is 12. The number of hydrogen-bond acceptors (Lipinski definition) is 5. The molecule has 1 aromatic rings. The number of hydrogen-bond donors (Lipinski definition) is 5. The molecule has 5 N–H and O–H groups in total. The number of nitrogens with one attached hydrogen (secondary N) is 4. The van der Waals surface area contributed by atoms with E-state index >= 15 is 0 Å². The minimum atomic E-state index is -4.70. The van der Waals surface area contributed by atoms with E-state index in [0.29, 0.717) is 51.0 Å². The van der Waals surface area contributed by atoms with E-state index in [1.165, 1.54) is 4.90 Å². The highest BCUT2D eigenvalue weighted by molar-refractivity contribution is 6.04. The van der Waals surface area contributed by atoms with Crippen molar-refractivity contribution in [3.63, 3.8) is 0 Å². The molecule has 1 aliphatic rings. The molecule has 2 atom stereocenters. The molecule has 1 aromatic carbocycles. The fraction of sp³-hybridized carbons (Fsp3) is 0.625. The van der Waals surface area contributed by atoms with Gasteiger partial charge in [-0.1, -0.05) is 27.2 Å². The van der Waals surface area contributed by atoms with Gasteiger partial charge in [-0.15, -0.1) is 0 Å². The highest BCUT2D eigenvalue weighted by Gasteiger charge is 2.32. The SMILES string of the molecule is CCC[C@H](O)[C@H](CNCC(C)C)NC(=O)CNC(=O)c1cc(C(F)(F)F)ccc1NC(=O)N1CCC1. The summed E-state index contributed by atoms with van der Waals surface area (Å²) >= 11 is 0. The summed E-state index contributed by atoms with van der Waals surface area (Å²) in [6.07, 6.45) is -3.51. The molecule has 0 spiro atoms. The van der Waals surface area contributed by atoms with E-state index in [1.807, 2.05) is 20.8 Å². The normalized spacial score (nSPS) is 15.2. The van der Waals surface area contributed by atoms with Crippen LogP contribution in [0, 0.1) is 5.92 Å². The van der Waals surface area contributed by atoms with Crippen LogP contribution in [-0.2, 0) is 11.0 Å². The first kappa shape index (κ1) is 29.4. The van der Waals surface area contributed by atoms with Crippen LogP contribution in [0.1, 0.15) is 56.0 Å². The molecule has 1 saturated heterocycles. The second-order valence-corrected chi connectivity index (χ2v) is 9.29. The largest absolute Gasteiger partial charge is 0.416 e. The first-order valence-electron chi connectivity index (χ1n) is 12.2. The first-order valence-corrected chi connectivity index (χ1v) is 12.2. The number of halogens is 3. The highest BCUT2D eigenvalue weighted by atomic mass is 19.4. The van der Waals surface area contributed by atoms with Crippen molar-refractivity contribution in [2.45, 2.75) is 58.4 Å². The van der Waals surface area contributed by atoms with Gasteiger partial charge in [-0.2, -0.15) is 13.2 Å². The average Bonchev–Trinajstić information content (AvgIpc) is 2.75. The molecule has 9 nitrogen and oxygen atoms in total. The van der Waals surface area contributed by atoms with Gasteiger partial charge in [0.1, 0.15) is 0 Å². The standard InChI is InChI=1S/C24H36F3N5O4/c1-4-6-20(33)19(13-28-12-15(2)3)30-21(34)14-29-22(35)17-11-16(24(25,26)27)7-8-18(17)31-23(36)32-9-5-10-32/h7-8,11,15,19-20,28,33H,4-6,9-10,12-14H2,1-3H3,(H,29,35)(H,30,34)(H,31,36)/t19-,20-/m0/s1. The second kappa shape index (κ2) is 13.4. The molecular formula is C24H36F3N5O4. The number of carbonyl (C=O) groups excluding carboxylic acids is 3. The topological polar surface area (TPSA) is 123 Å². The minimum Gasteiger partial charge on any atom is -0.391 e. The van der Waals surface area contributed by atoms with E-state index in [1.54, 1.807) is 0 Å². The number of urea groups is 1. The number of aliphatic hydroxyl groups is 1. The second-order valence-electron chi connectivity index (χ2n) is 9.29. The van der Waals surface area contributed by atoms with Crippen LogP contribution in [0.25, 0.3) is 0 Å². The maximum Gasteiger partial charge on any atom is 0.416 e. The van der Waals surface area contributed by atoms with Gasteiger partial charge in [0.05, 0.1) is 35.5 Å². The third kappa shape index (κ3) is 8.98. The Morgan fingerprint density at radius 2 is 1.83 bits per heavy atom. The van der Waals surface area contributed by atoms with E-state index < -0.39 is 53.8 Å². The molecule has 36 heavy (non-hydrogen) atoms. The van der Waals surface area contributed by atoms with Gasteiger partial charge in [0.2, 0.25) is 5.91 Å². The quantitative estimate of drug-likeness (QED) is 0.293. The van der Waals surface area contributed by atoms with Crippen LogP contribution >= 0.6 is 0 Å². The van der Waals surface area contributed by atoms with Gasteiger partial charge in [0.25, 0.3) is 5.91 Å². The number of likely N-dealkylation sites (tertiary alicyclic amines) is 1. The number of anilines is 1. The van der Waals surface area contributed by atoms with Crippen molar-refractivity contribution >= 4 is 23.5 Å². The van der Waals surface area contributed by atoms with Gasteiger partial charge < -0.3 is 31.3 Å². The van der Waals surface area contributed by atoms with Crippen molar-refractivity contribution in [1.29, 1.82) is 0 Å². The van der Waals surface area contributed by atoms with Crippen LogP contribution in [0.4, 0.5) is 23.7 Å². The Morgan fingerprint density at radius 1 is 1.14 bits per heavy atom. The molecule has 0 bridgehead atoms. The Hall–Kier alpha value is -2.86. The van der Waals surface area contributed by atoms with Crippen molar-refractivity contribution in [2.24, 2.45) is 5.92 Å². The van der Waals surface area contributed by atoms with Gasteiger partial charge >= 0.3 is 12.2 Å². The molecule has 0 aromatic heterocycles. The summed E-state index contributed by atoms with van der Waals surface area (Å²) in [5, 5.41) is 21.0. The fourth-order valence-electron chi connectivity index (χ4n) is 3.55. The summed E-state index contributed by atoms with van der Waals surface area (Å²) in [7, 11) is 0. The lowest BCUT2D eigenvalue weighted by Gasteiger charge is -2.31. The number of nitrogens with zero attached hydrogens (tertiary/aromatic N) is 1. The lowest BCUT2D eigenvalue weighted by Crippen LogP contribution is -2.52. The Labute approximate surface area is 209 Å². The van der Waals surface area contributed by atoms with Gasteiger partial charge in [-0.05, 0) is 43.5 Å². The number of benzene rings is 1. The third-order valence-corrected chi connectivity index (χ3v) is 5.70. The molecule has 1 aliphatic heterocycles. The maximum absolute atomic E-state index is 13.2. The van der Waals surface area contributed by atoms with Crippen LogP contribution in [0.3, 0.4) is 0 Å². The van der Waals surface area contributed by atoms with Crippen LogP contribution < -0.4 is 21.3 Å². The molecule has 1 heterocycles. The summed E-state index contributed by atoms with van der Waals surface area (Å²) in [5.74, 6) is -1.18. The highest BCUT2D eigenvalue weighted by Crippen LogP contribution is 2.32. The summed E-state index contributed by atoms with van der Waals surface area (Å²) in [4.78, 5) is 39.0. The predicted octanol–water partition coefficient (Wildman–Crippen LogP) is 2.56. The van der Waals surface area contributed by atoms with Gasteiger partial charge in [-0.25, -0.2) is 4.79 Å². The summed E-state index contributed by atoms with van der Waals surface area (Å²) in [6.45, 7) is 7.46. The van der Waals surface area contributed by atoms with E-state index in [4.69, 9.17) is 0 Å². The Balaban J connectivity index is 2.07. The Kier molecular flexibility index (Phi) is 11.0. The average molecular weight is 516 g/mol. The van der Waals surface area contributed by atoms with Crippen LogP contribution in [0.15, 0.2) is 18.2 Å². The molecule has 0 aliphatic carbocycles. The molecule has 202 valence electrons. The predicted molar refractivity (Wildman–Crippen MR) is 130 cm³/mol. The van der Waals surface area contributed by atoms with Crippen molar-refractivity contribution in [3.05, 3.63) is 29.3 Å². The van der Waals surface area contributed by atoms with E-state index in [2.05, 4.69) is 21.3 Å². The van der Waals surface area contributed by atoms with Crippen LogP contribution in [-0.4, -0.2) is 72.7 Å². The molecule has 1 fully saturated rings. The molecule has 4 amide bonds. The molecule has 0 unspecified atom stereocenters. The third-order valence-electron chi connectivity index (χ3n) is 5.70. The zero-order chi connectivity index (χ0) is 26.9. The zero-order valence-electron chi connectivity index (χ0n) is 20.9. The summed E-state index contributed by atoms with van der Waals surface area (Å²) < 4.78 is 39.7. The first-order chi connectivity index (χ1) is 16.9. The molecule has 0 saturated carbocycles. The maximum atomic E-state index is 13.2. The van der Waals surface area contributed by atoms with Crippen molar-refractivity contribution in [2.75, 3.05) is 38.0 Å². The van der Waals surface area contributed by atoms with Gasteiger partial charge in [0.15, 0.2) is 0 Å². The lowest BCUT2D eigenvalue weighted by molar-refractivity contribution is -0.137. The molecule has 2 rings (SSSR count). The minimum absolute atomic E-state index is 0.0908. The summed E-state index contributed by atoms with van der Waals surface area (Å²) in [5.41, 5.74) is -1.56. The van der Waals surface area contributed by atoms with Gasteiger partial charge in [0, 0.05) is 19.6 Å². The molecule has 0 radical (unpaired) electrons. The van der Waals surface area contributed by atoms with Gasteiger partial charge in [-0.3, -0.25) is 9.59 Å². The molecule has 12 heteroatoms. The van der Waals surface area contributed by atoms with Crippen molar-refractivity contribution < 1.29 is 32.7 Å². The zero-order valence-corrected chi connectivity index (χ0v) is 20.9. The Bertz CT molecular complexity index is 906. The number of aliphatic hydroxyl groups excluding tert-OH is 1. The lowest BCUT2D eigenvalue weighted by atomic mass is 10.1. The monoisotopic (exact) mass is 515 g/mol. The number of carbonyl (C=O) groups is 3. The number of amides is 4. The smallest absolute Gasteiger partial charge is 0.391 e. The number of alkyl halides is 3.